The van der Waals surface area contributed by atoms with Crippen molar-refractivity contribution in [2.45, 2.75) is 38.6 Å². The molecule has 1 aliphatic rings. The molecule has 0 spiro atoms. The zero-order valence-corrected chi connectivity index (χ0v) is 12.9. The molecule has 1 heterocycles. The van der Waals surface area contributed by atoms with Gasteiger partial charge in [0.2, 0.25) is 5.91 Å². The third-order valence-corrected chi connectivity index (χ3v) is 5.02. The monoisotopic (exact) mass is 327 g/mol. The molecule has 1 aromatic rings. The van der Waals surface area contributed by atoms with E-state index >= 15 is 0 Å². The van der Waals surface area contributed by atoms with Gasteiger partial charge in [-0.2, -0.15) is 0 Å². The maximum atomic E-state index is 11.8. The van der Waals surface area contributed by atoms with Gasteiger partial charge in [0.15, 0.2) is 0 Å². The highest BCUT2D eigenvalue weighted by Crippen LogP contribution is 2.24. The third-order valence-electron chi connectivity index (χ3n) is 3.43. The van der Waals surface area contributed by atoms with Crippen LogP contribution in [0.5, 0.6) is 0 Å². The molecule has 0 saturated heterocycles. The van der Waals surface area contributed by atoms with Crippen molar-refractivity contribution in [3.8, 4) is 0 Å². The maximum absolute atomic E-state index is 11.8. The van der Waals surface area contributed by atoms with E-state index in [1.807, 2.05) is 18.2 Å². The standard InChI is InChI=1S/C14H18BrNOS/c1-10-4-2-3-5-12(10)16-14(17)9-7-11-6-8-13(15)18-11/h6-10,12H,2-5H2,1H3,(H,16,17)/b9-7+/t10-,12-/m1/s1. The highest BCUT2D eigenvalue weighted by Gasteiger charge is 2.21. The number of thiophene rings is 1. The quantitative estimate of drug-likeness (QED) is 0.827. The lowest BCUT2D eigenvalue weighted by atomic mass is 9.86. The molecular weight excluding hydrogens is 310 g/mol. The van der Waals surface area contributed by atoms with Crippen LogP contribution in [0.2, 0.25) is 0 Å². The fourth-order valence-corrected chi connectivity index (χ4v) is 3.66. The average Bonchev–Trinajstić information content (AvgIpc) is 2.76. The van der Waals surface area contributed by atoms with Crippen molar-refractivity contribution in [3.63, 3.8) is 0 Å². The number of carbonyl (C=O) groups excluding carboxylic acids is 1. The van der Waals surface area contributed by atoms with Crippen molar-refractivity contribution in [1.82, 2.24) is 5.32 Å². The largest absolute Gasteiger partial charge is 0.350 e. The van der Waals surface area contributed by atoms with Gasteiger partial charge in [-0.25, -0.2) is 0 Å². The fraction of sp³-hybridized carbons (Fsp3) is 0.500. The fourth-order valence-electron chi connectivity index (χ4n) is 2.34. The Bertz CT molecular complexity index is 441. The number of hydrogen-bond acceptors (Lipinski definition) is 2. The summed E-state index contributed by atoms with van der Waals surface area (Å²) in [7, 11) is 0. The number of hydrogen-bond donors (Lipinski definition) is 1. The summed E-state index contributed by atoms with van der Waals surface area (Å²) in [6.07, 6.45) is 8.39. The summed E-state index contributed by atoms with van der Waals surface area (Å²) in [4.78, 5) is 12.9. The summed E-state index contributed by atoms with van der Waals surface area (Å²) in [5, 5.41) is 3.11. The number of halogens is 1. The van der Waals surface area contributed by atoms with E-state index in [0.29, 0.717) is 12.0 Å². The Labute approximate surface area is 121 Å². The van der Waals surface area contributed by atoms with Crippen LogP contribution in [0.25, 0.3) is 6.08 Å². The van der Waals surface area contributed by atoms with Gasteiger partial charge in [0, 0.05) is 17.0 Å². The molecule has 0 unspecified atom stereocenters. The van der Waals surface area contributed by atoms with Gasteiger partial charge in [0.1, 0.15) is 0 Å². The summed E-state index contributed by atoms with van der Waals surface area (Å²) in [6.45, 7) is 2.23. The van der Waals surface area contributed by atoms with Gasteiger partial charge < -0.3 is 5.32 Å². The molecule has 98 valence electrons. The van der Waals surface area contributed by atoms with Gasteiger partial charge in [-0.15, -0.1) is 11.3 Å². The van der Waals surface area contributed by atoms with Crippen LogP contribution in [0.1, 0.15) is 37.5 Å². The van der Waals surface area contributed by atoms with Crippen LogP contribution in [-0.4, -0.2) is 11.9 Å². The van der Waals surface area contributed by atoms with Crippen molar-refractivity contribution >= 4 is 39.2 Å². The minimum Gasteiger partial charge on any atom is -0.350 e. The Balaban J connectivity index is 1.86. The lowest BCUT2D eigenvalue weighted by Crippen LogP contribution is -2.40. The van der Waals surface area contributed by atoms with Gasteiger partial charge in [-0.3, -0.25) is 4.79 Å². The molecule has 0 radical (unpaired) electrons. The average molecular weight is 328 g/mol. The molecular formula is C14H18BrNOS. The molecule has 1 aliphatic carbocycles. The molecule has 1 amide bonds. The van der Waals surface area contributed by atoms with E-state index in [-0.39, 0.29) is 5.91 Å². The molecule has 1 N–H and O–H groups in total. The zero-order chi connectivity index (χ0) is 13.0. The van der Waals surface area contributed by atoms with Crippen molar-refractivity contribution in [1.29, 1.82) is 0 Å². The Morgan fingerprint density at radius 2 is 2.22 bits per heavy atom. The summed E-state index contributed by atoms with van der Waals surface area (Å²) >= 11 is 5.04. The summed E-state index contributed by atoms with van der Waals surface area (Å²) < 4.78 is 1.09. The number of nitrogens with one attached hydrogen (secondary N) is 1. The third kappa shape index (κ3) is 3.95. The second kappa shape index (κ2) is 6.53. The van der Waals surface area contributed by atoms with Crippen LogP contribution in [0.4, 0.5) is 0 Å². The van der Waals surface area contributed by atoms with E-state index in [1.165, 1.54) is 19.3 Å². The normalized spacial score (nSPS) is 24.3. The van der Waals surface area contributed by atoms with Crippen LogP contribution < -0.4 is 5.32 Å². The van der Waals surface area contributed by atoms with Crippen LogP contribution in [0.15, 0.2) is 22.0 Å². The van der Waals surface area contributed by atoms with Gasteiger partial charge in [0.05, 0.1) is 3.79 Å². The molecule has 0 aromatic carbocycles. The first-order chi connectivity index (χ1) is 8.65. The van der Waals surface area contributed by atoms with Crippen LogP contribution >= 0.6 is 27.3 Å². The molecule has 1 fully saturated rings. The highest BCUT2D eigenvalue weighted by molar-refractivity contribution is 9.11. The van der Waals surface area contributed by atoms with E-state index in [0.717, 1.165) is 15.1 Å². The number of carbonyl (C=O) groups is 1. The van der Waals surface area contributed by atoms with Gasteiger partial charge in [0.25, 0.3) is 0 Å². The van der Waals surface area contributed by atoms with Crippen molar-refractivity contribution < 1.29 is 4.79 Å². The van der Waals surface area contributed by atoms with Crippen molar-refractivity contribution in [3.05, 3.63) is 26.9 Å². The Hall–Kier alpha value is -0.610. The highest BCUT2D eigenvalue weighted by atomic mass is 79.9. The Morgan fingerprint density at radius 1 is 1.44 bits per heavy atom. The number of amides is 1. The maximum Gasteiger partial charge on any atom is 0.244 e. The molecule has 18 heavy (non-hydrogen) atoms. The predicted octanol–water partition coefficient (Wildman–Crippen LogP) is 4.22. The van der Waals surface area contributed by atoms with E-state index < -0.39 is 0 Å². The van der Waals surface area contributed by atoms with Crippen molar-refractivity contribution in [2.24, 2.45) is 5.92 Å². The molecule has 0 bridgehead atoms. The lowest BCUT2D eigenvalue weighted by molar-refractivity contribution is -0.117. The summed E-state index contributed by atoms with van der Waals surface area (Å²) in [6, 6.07) is 4.35. The molecule has 1 aromatic heterocycles. The zero-order valence-electron chi connectivity index (χ0n) is 10.5. The molecule has 0 aliphatic heterocycles. The van der Waals surface area contributed by atoms with E-state index in [2.05, 4.69) is 28.2 Å². The minimum absolute atomic E-state index is 0.0262. The van der Waals surface area contributed by atoms with Crippen molar-refractivity contribution in [2.75, 3.05) is 0 Å². The SMILES string of the molecule is C[C@@H]1CCCC[C@H]1NC(=O)/C=C/c1ccc(Br)s1. The summed E-state index contributed by atoms with van der Waals surface area (Å²) in [5.74, 6) is 0.630. The summed E-state index contributed by atoms with van der Waals surface area (Å²) in [5.41, 5.74) is 0. The first-order valence-electron chi connectivity index (χ1n) is 6.39. The van der Waals surface area contributed by atoms with Crippen LogP contribution in [0.3, 0.4) is 0 Å². The second-order valence-corrected chi connectivity index (χ2v) is 7.35. The molecule has 2 atom stereocenters. The Kier molecular flexibility index (Phi) is 5.01. The van der Waals surface area contributed by atoms with E-state index in [1.54, 1.807) is 17.4 Å². The van der Waals surface area contributed by atoms with E-state index in [4.69, 9.17) is 0 Å². The minimum atomic E-state index is 0.0262. The lowest BCUT2D eigenvalue weighted by Gasteiger charge is -2.29. The molecule has 2 nitrogen and oxygen atoms in total. The molecule has 1 saturated carbocycles. The van der Waals surface area contributed by atoms with Crippen LogP contribution in [0, 0.1) is 5.92 Å². The molecule has 4 heteroatoms. The van der Waals surface area contributed by atoms with Gasteiger partial charge in [-0.1, -0.05) is 19.8 Å². The number of rotatable bonds is 3. The topological polar surface area (TPSA) is 29.1 Å². The predicted molar refractivity (Wildman–Crippen MR) is 80.6 cm³/mol. The smallest absolute Gasteiger partial charge is 0.244 e. The van der Waals surface area contributed by atoms with Gasteiger partial charge >= 0.3 is 0 Å². The van der Waals surface area contributed by atoms with Gasteiger partial charge in [-0.05, 0) is 52.9 Å². The first-order valence-corrected chi connectivity index (χ1v) is 8.00. The van der Waals surface area contributed by atoms with E-state index in [9.17, 15) is 4.79 Å². The first kappa shape index (κ1) is 13.8. The Morgan fingerprint density at radius 3 is 2.89 bits per heavy atom. The second-order valence-electron chi connectivity index (χ2n) is 4.85. The molecule has 2 rings (SSSR count). The van der Waals surface area contributed by atoms with Crippen LogP contribution in [-0.2, 0) is 4.79 Å².